The van der Waals surface area contributed by atoms with Crippen LogP contribution in [0.25, 0.3) is 0 Å². The third kappa shape index (κ3) is 2.68. The highest BCUT2D eigenvalue weighted by molar-refractivity contribution is 9.10. The van der Waals surface area contributed by atoms with E-state index in [1.165, 1.54) is 0 Å². The fourth-order valence-corrected chi connectivity index (χ4v) is 2.04. The lowest BCUT2D eigenvalue weighted by molar-refractivity contribution is 0.102. The normalized spacial score (nSPS) is 10.1. The largest absolute Gasteiger partial charge is 0.289 e. The van der Waals surface area contributed by atoms with Crippen molar-refractivity contribution in [2.24, 2.45) is 0 Å². The first-order chi connectivity index (χ1) is 8.59. The lowest BCUT2D eigenvalue weighted by Gasteiger charge is -2.05. The zero-order valence-corrected chi connectivity index (χ0v) is 11.5. The number of ketones is 1. The van der Waals surface area contributed by atoms with E-state index in [4.69, 9.17) is 11.6 Å². The maximum atomic E-state index is 12.3. The predicted octanol–water partition coefficient (Wildman–Crippen LogP) is 4.06. The van der Waals surface area contributed by atoms with Gasteiger partial charge in [-0.05, 0) is 41.9 Å². The van der Waals surface area contributed by atoms with Crippen LogP contribution in [0.3, 0.4) is 0 Å². The molecule has 0 aromatic heterocycles. The molecule has 0 amide bonds. The monoisotopic (exact) mass is 322 g/mol. The average molecular weight is 324 g/mol. The Morgan fingerprint density at radius 2 is 1.44 bits per heavy atom. The van der Waals surface area contributed by atoms with Gasteiger partial charge in [-0.15, -0.1) is 0 Å². The van der Waals surface area contributed by atoms with E-state index in [-0.39, 0.29) is 11.3 Å². The summed E-state index contributed by atoms with van der Waals surface area (Å²) in [6.45, 7) is 0. The maximum Gasteiger partial charge on any atom is 0.253 e. The summed E-state index contributed by atoms with van der Waals surface area (Å²) in [6, 6.07) is 13.5. The molecule has 0 fully saturated rings. The molecule has 0 radical (unpaired) electrons. The molecule has 0 aliphatic heterocycles. The zero-order chi connectivity index (χ0) is 13.1. The van der Waals surface area contributed by atoms with Gasteiger partial charge in [0, 0.05) is 21.2 Å². The minimum atomic E-state index is -0.629. The number of carbonyl (C=O) groups excluding carboxylic acids is 2. The second kappa shape index (κ2) is 5.46. The zero-order valence-electron chi connectivity index (χ0n) is 9.19. The Morgan fingerprint density at radius 1 is 0.889 bits per heavy atom. The van der Waals surface area contributed by atoms with Gasteiger partial charge in [0.2, 0.25) is 0 Å². The summed E-state index contributed by atoms with van der Waals surface area (Å²) < 4.78 is 0.890. The van der Waals surface area contributed by atoms with Crippen molar-refractivity contribution in [1.82, 2.24) is 0 Å². The van der Waals surface area contributed by atoms with Gasteiger partial charge in [-0.3, -0.25) is 9.59 Å². The number of benzene rings is 2. The van der Waals surface area contributed by atoms with Crippen molar-refractivity contribution in [1.29, 1.82) is 0 Å². The van der Waals surface area contributed by atoms with Crippen molar-refractivity contribution < 1.29 is 9.59 Å². The summed E-state index contributed by atoms with van der Waals surface area (Å²) in [6.07, 6.45) is 0. The molecule has 0 saturated heterocycles. The summed E-state index contributed by atoms with van der Waals surface area (Å²) in [4.78, 5) is 23.5. The van der Waals surface area contributed by atoms with Gasteiger partial charge in [-0.25, -0.2) is 0 Å². The van der Waals surface area contributed by atoms with Crippen LogP contribution in [-0.4, -0.2) is 11.0 Å². The molecule has 0 atom stereocenters. The topological polar surface area (TPSA) is 34.1 Å². The SMILES string of the molecule is O=C(Cl)c1ccccc1C(=O)c1ccc(Br)cc1. The van der Waals surface area contributed by atoms with Crippen LogP contribution in [0.4, 0.5) is 0 Å². The smallest absolute Gasteiger partial charge is 0.253 e. The molecule has 4 heteroatoms. The van der Waals surface area contributed by atoms with E-state index >= 15 is 0 Å². The average Bonchev–Trinajstić information content (AvgIpc) is 2.39. The second-order valence-corrected chi connectivity index (χ2v) is 4.91. The van der Waals surface area contributed by atoms with Gasteiger partial charge < -0.3 is 0 Å². The molecule has 0 bridgehead atoms. The Morgan fingerprint density at radius 3 is 2.00 bits per heavy atom. The van der Waals surface area contributed by atoms with Crippen LogP contribution in [0.5, 0.6) is 0 Å². The molecule has 18 heavy (non-hydrogen) atoms. The molecule has 0 saturated carbocycles. The van der Waals surface area contributed by atoms with Crippen LogP contribution in [0, 0.1) is 0 Å². The van der Waals surface area contributed by atoms with Gasteiger partial charge in [0.1, 0.15) is 0 Å². The standard InChI is InChI=1S/C14H8BrClO2/c15-10-7-5-9(6-8-10)13(17)11-3-1-2-4-12(11)14(16)18/h1-8H. The van der Waals surface area contributed by atoms with Gasteiger partial charge >= 0.3 is 0 Å². The molecule has 0 unspecified atom stereocenters. The molecule has 0 aliphatic carbocycles. The third-order valence-electron chi connectivity index (χ3n) is 2.49. The van der Waals surface area contributed by atoms with Crippen molar-refractivity contribution in [3.63, 3.8) is 0 Å². The predicted molar refractivity (Wildman–Crippen MR) is 74.2 cm³/mol. The van der Waals surface area contributed by atoms with Crippen molar-refractivity contribution in [2.45, 2.75) is 0 Å². The number of halogens is 2. The molecule has 0 N–H and O–H groups in total. The molecule has 2 aromatic carbocycles. The number of hydrogen-bond acceptors (Lipinski definition) is 2. The van der Waals surface area contributed by atoms with Gasteiger partial charge in [0.05, 0.1) is 0 Å². The van der Waals surface area contributed by atoms with E-state index in [9.17, 15) is 9.59 Å². The molecule has 0 heterocycles. The summed E-state index contributed by atoms with van der Waals surface area (Å²) >= 11 is 8.77. The Labute approximate surface area is 118 Å². The molecular formula is C14H8BrClO2. The molecule has 90 valence electrons. The van der Waals surface area contributed by atoms with Crippen LogP contribution in [-0.2, 0) is 0 Å². The highest BCUT2D eigenvalue weighted by atomic mass is 79.9. The first-order valence-electron chi connectivity index (χ1n) is 5.18. The van der Waals surface area contributed by atoms with Gasteiger partial charge in [0.15, 0.2) is 5.78 Å². The van der Waals surface area contributed by atoms with E-state index in [0.29, 0.717) is 11.1 Å². The lowest BCUT2D eigenvalue weighted by Crippen LogP contribution is -2.07. The molecule has 2 nitrogen and oxygen atoms in total. The van der Waals surface area contributed by atoms with Gasteiger partial charge in [-0.1, -0.05) is 34.1 Å². The van der Waals surface area contributed by atoms with Crippen LogP contribution in [0.15, 0.2) is 53.0 Å². The summed E-state index contributed by atoms with van der Waals surface area (Å²) in [7, 11) is 0. The highest BCUT2D eigenvalue weighted by Gasteiger charge is 2.16. The number of carbonyl (C=O) groups is 2. The fourth-order valence-electron chi connectivity index (χ4n) is 1.61. The fraction of sp³-hybridized carbons (Fsp3) is 0. The minimum Gasteiger partial charge on any atom is -0.289 e. The third-order valence-corrected chi connectivity index (χ3v) is 3.22. The quantitative estimate of drug-likeness (QED) is 0.630. The van der Waals surface area contributed by atoms with Crippen LogP contribution < -0.4 is 0 Å². The first kappa shape index (κ1) is 13.0. The van der Waals surface area contributed by atoms with Crippen molar-refractivity contribution in [2.75, 3.05) is 0 Å². The Balaban J connectivity index is 2.46. The number of rotatable bonds is 3. The van der Waals surface area contributed by atoms with Crippen molar-refractivity contribution >= 4 is 38.6 Å². The van der Waals surface area contributed by atoms with Crippen LogP contribution >= 0.6 is 27.5 Å². The molecule has 2 aromatic rings. The van der Waals surface area contributed by atoms with E-state index in [0.717, 1.165) is 4.47 Å². The molecule has 2 rings (SSSR count). The summed E-state index contributed by atoms with van der Waals surface area (Å²) in [5.74, 6) is -0.216. The van der Waals surface area contributed by atoms with E-state index < -0.39 is 5.24 Å². The maximum absolute atomic E-state index is 12.3. The minimum absolute atomic E-state index is 0.216. The van der Waals surface area contributed by atoms with E-state index in [2.05, 4.69) is 15.9 Å². The van der Waals surface area contributed by atoms with Gasteiger partial charge in [-0.2, -0.15) is 0 Å². The molecule has 0 aliphatic rings. The first-order valence-corrected chi connectivity index (χ1v) is 6.36. The number of hydrogen-bond donors (Lipinski definition) is 0. The Kier molecular flexibility index (Phi) is 3.94. The lowest BCUT2D eigenvalue weighted by atomic mass is 9.99. The van der Waals surface area contributed by atoms with Gasteiger partial charge in [0.25, 0.3) is 5.24 Å². The summed E-state index contributed by atoms with van der Waals surface area (Å²) in [5.41, 5.74) is 1.07. The van der Waals surface area contributed by atoms with Crippen molar-refractivity contribution in [3.8, 4) is 0 Å². The van der Waals surface area contributed by atoms with E-state index in [1.807, 2.05) is 0 Å². The molecule has 0 spiro atoms. The van der Waals surface area contributed by atoms with Crippen LogP contribution in [0.2, 0.25) is 0 Å². The van der Waals surface area contributed by atoms with E-state index in [1.54, 1.807) is 48.5 Å². The molecular weight excluding hydrogens is 316 g/mol. The highest BCUT2D eigenvalue weighted by Crippen LogP contribution is 2.18. The second-order valence-electron chi connectivity index (χ2n) is 3.66. The van der Waals surface area contributed by atoms with Crippen molar-refractivity contribution in [3.05, 3.63) is 69.7 Å². The summed E-state index contributed by atoms with van der Waals surface area (Å²) in [5, 5.41) is -0.629. The van der Waals surface area contributed by atoms with Crippen LogP contribution in [0.1, 0.15) is 26.3 Å². The Bertz CT molecular complexity index is 605. The Hall–Kier alpha value is -1.45.